The molecule has 1 unspecified atom stereocenters. The molecule has 3 aromatic heterocycles. The SMILES string of the molecule is CCN1CC=C(c2cc3c(-c4nc5cc(N)ccc5s4)ccnc3s2)C12CCOC2. The molecule has 30 heavy (non-hydrogen) atoms. The predicted molar refractivity (Wildman–Crippen MR) is 126 cm³/mol. The zero-order valence-corrected chi connectivity index (χ0v) is 18.4. The molecule has 0 radical (unpaired) electrons. The van der Waals surface area contributed by atoms with Gasteiger partial charge in [-0.3, -0.25) is 4.90 Å². The number of rotatable bonds is 3. The van der Waals surface area contributed by atoms with E-state index in [0.717, 1.165) is 64.0 Å². The summed E-state index contributed by atoms with van der Waals surface area (Å²) in [4.78, 5) is 14.5. The molecule has 4 aromatic rings. The second-order valence-electron chi connectivity index (χ2n) is 7.92. The van der Waals surface area contributed by atoms with Gasteiger partial charge in [0.1, 0.15) is 9.84 Å². The molecule has 1 spiro atoms. The van der Waals surface area contributed by atoms with Crippen molar-refractivity contribution in [1.82, 2.24) is 14.9 Å². The van der Waals surface area contributed by atoms with Gasteiger partial charge in [-0.05, 0) is 48.9 Å². The van der Waals surface area contributed by atoms with Crippen molar-refractivity contribution in [3.63, 3.8) is 0 Å². The monoisotopic (exact) mass is 434 g/mol. The van der Waals surface area contributed by atoms with Crippen LogP contribution >= 0.6 is 22.7 Å². The van der Waals surface area contributed by atoms with Gasteiger partial charge in [0.25, 0.3) is 0 Å². The van der Waals surface area contributed by atoms with Gasteiger partial charge in [-0.15, -0.1) is 22.7 Å². The largest absolute Gasteiger partial charge is 0.399 e. The summed E-state index contributed by atoms with van der Waals surface area (Å²) in [7, 11) is 0. The summed E-state index contributed by atoms with van der Waals surface area (Å²) in [6, 6.07) is 10.3. The van der Waals surface area contributed by atoms with Crippen LogP contribution in [0.3, 0.4) is 0 Å². The average Bonchev–Trinajstić information content (AvgIpc) is 3.53. The molecule has 0 amide bonds. The highest BCUT2D eigenvalue weighted by Gasteiger charge is 2.46. The Morgan fingerprint density at radius 2 is 2.17 bits per heavy atom. The number of nitrogens with two attached hydrogens (primary N) is 1. The lowest BCUT2D eigenvalue weighted by atomic mass is 9.88. The van der Waals surface area contributed by atoms with Gasteiger partial charge in [-0.2, -0.15) is 0 Å². The summed E-state index contributed by atoms with van der Waals surface area (Å²) in [5.41, 5.74) is 10.2. The number of fused-ring (bicyclic) bond motifs is 2. The molecular formula is C23H22N4OS2. The molecule has 2 aliphatic heterocycles. The first-order valence-corrected chi connectivity index (χ1v) is 11.9. The normalized spacial score (nSPS) is 22.0. The Bertz CT molecular complexity index is 1300. The van der Waals surface area contributed by atoms with E-state index in [4.69, 9.17) is 15.5 Å². The fraction of sp³-hybridized carbons (Fsp3) is 0.304. The van der Waals surface area contributed by atoms with Crippen molar-refractivity contribution >= 4 is 54.4 Å². The third kappa shape index (κ3) is 2.66. The third-order valence-electron chi connectivity index (χ3n) is 6.35. The van der Waals surface area contributed by atoms with Crippen molar-refractivity contribution in [2.24, 2.45) is 0 Å². The van der Waals surface area contributed by atoms with Crippen LogP contribution in [0.4, 0.5) is 5.69 Å². The van der Waals surface area contributed by atoms with E-state index in [2.05, 4.69) is 41.1 Å². The van der Waals surface area contributed by atoms with Crippen LogP contribution in [0.2, 0.25) is 0 Å². The lowest BCUT2D eigenvalue weighted by Crippen LogP contribution is -2.46. The number of nitrogens with zero attached hydrogens (tertiary/aromatic N) is 3. The van der Waals surface area contributed by atoms with E-state index in [0.29, 0.717) is 0 Å². The van der Waals surface area contributed by atoms with E-state index in [-0.39, 0.29) is 5.54 Å². The van der Waals surface area contributed by atoms with Gasteiger partial charge in [-0.25, -0.2) is 9.97 Å². The van der Waals surface area contributed by atoms with Gasteiger partial charge in [-0.1, -0.05) is 13.0 Å². The molecule has 1 atom stereocenters. The smallest absolute Gasteiger partial charge is 0.125 e. The molecule has 5 nitrogen and oxygen atoms in total. The molecule has 1 aromatic carbocycles. The van der Waals surface area contributed by atoms with Gasteiger partial charge < -0.3 is 10.5 Å². The van der Waals surface area contributed by atoms with Crippen LogP contribution in [-0.4, -0.2) is 46.7 Å². The molecular weight excluding hydrogens is 412 g/mol. The van der Waals surface area contributed by atoms with E-state index < -0.39 is 0 Å². The number of aromatic nitrogens is 2. The molecule has 2 aliphatic rings. The highest BCUT2D eigenvalue weighted by atomic mass is 32.1. The predicted octanol–water partition coefficient (Wildman–Crippen LogP) is 5.03. The van der Waals surface area contributed by atoms with Crippen molar-refractivity contribution < 1.29 is 4.74 Å². The van der Waals surface area contributed by atoms with Crippen LogP contribution in [0.5, 0.6) is 0 Å². The van der Waals surface area contributed by atoms with Crippen LogP contribution in [0.15, 0.2) is 42.6 Å². The van der Waals surface area contributed by atoms with Crippen LogP contribution < -0.4 is 5.73 Å². The lowest BCUT2D eigenvalue weighted by molar-refractivity contribution is 0.129. The number of thiophene rings is 1. The number of hydrogen-bond donors (Lipinski definition) is 1. The zero-order valence-electron chi connectivity index (χ0n) is 16.7. The molecule has 5 heterocycles. The third-order valence-corrected chi connectivity index (χ3v) is 8.49. The second-order valence-corrected chi connectivity index (χ2v) is 9.99. The van der Waals surface area contributed by atoms with Gasteiger partial charge in [0.05, 0.1) is 22.4 Å². The van der Waals surface area contributed by atoms with Crippen molar-refractivity contribution in [2.75, 3.05) is 32.0 Å². The maximum Gasteiger partial charge on any atom is 0.125 e. The summed E-state index contributed by atoms with van der Waals surface area (Å²) >= 11 is 3.49. The van der Waals surface area contributed by atoms with Crippen molar-refractivity contribution in [2.45, 2.75) is 18.9 Å². The number of ether oxygens (including phenoxy) is 1. The van der Waals surface area contributed by atoms with Crippen LogP contribution in [0.1, 0.15) is 18.2 Å². The molecule has 2 N–H and O–H groups in total. The molecule has 1 saturated heterocycles. The van der Waals surface area contributed by atoms with Crippen molar-refractivity contribution in [3.05, 3.63) is 47.5 Å². The number of hydrogen-bond acceptors (Lipinski definition) is 7. The molecule has 7 heteroatoms. The standard InChI is InChI=1S/C23H22N4OS2/c1-2-27-9-6-17(23(27)7-10-28-13-23)20-12-16-15(5-8-25-21(16)30-20)22-26-18-11-14(24)3-4-19(18)29-22/h3-6,8,11-12H,2,7,9-10,13,24H2,1H3. The molecule has 0 saturated carbocycles. The summed E-state index contributed by atoms with van der Waals surface area (Å²) in [6.07, 6.45) is 5.34. The quantitative estimate of drug-likeness (QED) is 0.458. The summed E-state index contributed by atoms with van der Waals surface area (Å²) in [6.45, 7) is 5.87. The fourth-order valence-corrected chi connectivity index (χ4v) is 6.98. The maximum absolute atomic E-state index is 5.95. The minimum atomic E-state index is 0.0170. The number of thiazole rings is 1. The fourth-order valence-electron chi connectivity index (χ4n) is 4.83. The lowest BCUT2D eigenvalue weighted by Gasteiger charge is -2.35. The zero-order chi connectivity index (χ0) is 20.3. The van der Waals surface area contributed by atoms with Crippen LogP contribution in [-0.2, 0) is 4.74 Å². The van der Waals surface area contributed by atoms with Gasteiger partial charge in [0.15, 0.2) is 0 Å². The molecule has 0 aliphatic carbocycles. The summed E-state index contributed by atoms with van der Waals surface area (Å²) in [5.74, 6) is 0. The van der Waals surface area contributed by atoms with Crippen LogP contribution in [0, 0.1) is 0 Å². The first-order valence-electron chi connectivity index (χ1n) is 10.3. The van der Waals surface area contributed by atoms with E-state index in [1.165, 1.54) is 15.8 Å². The molecule has 1 fully saturated rings. The van der Waals surface area contributed by atoms with Crippen molar-refractivity contribution in [1.29, 1.82) is 0 Å². The van der Waals surface area contributed by atoms with E-state index in [1.807, 2.05) is 18.3 Å². The van der Waals surface area contributed by atoms with Gasteiger partial charge in [0.2, 0.25) is 0 Å². The Labute approximate surface area is 182 Å². The number of nitrogen functional groups attached to an aromatic ring is 1. The summed E-state index contributed by atoms with van der Waals surface area (Å²) < 4.78 is 7.02. The Hall–Kier alpha value is -2.32. The van der Waals surface area contributed by atoms with Crippen LogP contribution in [0.25, 0.3) is 36.6 Å². The average molecular weight is 435 g/mol. The highest BCUT2D eigenvalue weighted by Crippen LogP contribution is 2.47. The number of anilines is 1. The van der Waals surface area contributed by atoms with Gasteiger partial charge in [0, 0.05) is 40.9 Å². The minimum absolute atomic E-state index is 0.0170. The van der Waals surface area contributed by atoms with E-state index in [1.54, 1.807) is 22.7 Å². The molecule has 152 valence electrons. The first-order chi connectivity index (χ1) is 14.7. The maximum atomic E-state index is 5.95. The van der Waals surface area contributed by atoms with E-state index >= 15 is 0 Å². The Morgan fingerprint density at radius 3 is 3.00 bits per heavy atom. The van der Waals surface area contributed by atoms with Crippen molar-refractivity contribution in [3.8, 4) is 10.6 Å². The Morgan fingerprint density at radius 1 is 1.23 bits per heavy atom. The highest BCUT2D eigenvalue weighted by molar-refractivity contribution is 7.22. The molecule has 6 rings (SSSR count). The topological polar surface area (TPSA) is 64.3 Å². The number of likely N-dealkylation sites (N-methyl/N-ethyl adjacent to an activating group) is 1. The number of pyridine rings is 1. The minimum Gasteiger partial charge on any atom is -0.399 e. The second kappa shape index (κ2) is 6.85. The first kappa shape index (κ1) is 18.4. The van der Waals surface area contributed by atoms with Gasteiger partial charge >= 0.3 is 0 Å². The number of benzene rings is 1. The Balaban J connectivity index is 1.48. The van der Waals surface area contributed by atoms with E-state index in [9.17, 15) is 0 Å². The Kier molecular flexibility index (Phi) is 4.21. The summed E-state index contributed by atoms with van der Waals surface area (Å²) in [5, 5.41) is 2.19. The molecule has 0 bridgehead atoms.